The highest BCUT2D eigenvalue weighted by molar-refractivity contribution is 5.95. The number of hydrogen-bond acceptors (Lipinski definition) is 3. The van der Waals surface area contributed by atoms with Crippen molar-refractivity contribution in [3.63, 3.8) is 0 Å². The van der Waals surface area contributed by atoms with E-state index in [-0.39, 0.29) is 12.5 Å². The van der Waals surface area contributed by atoms with Crippen LogP contribution in [0.3, 0.4) is 0 Å². The zero-order valence-electron chi connectivity index (χ0n) is 14.1. The molecule has 1 atom stereocenters. The lowest BCUT2D eigenvalue weighted by atomic mass is 9.99. The van der Waals surface area contributed by atoms with Crippen LogP contribution in [0, 0.1) is 13.8 Å². The molecule has 0 spiro atoms. The van der Waals surface area contributed by atoms with Gasteiger partial charge < -0.3 is 15.0 Å². The molecule has 1 fully saturated rings. The predicted molar refractivity (Wildman–Crippen MR) is 87.3 cm³/mol. The lowest BCUT2D eigenvalue weighted by molar-refractivity contribution is 0.0525. The first-order valence-electron chi connectivity index (χ1n) is 7.98. The molecular weight excluding hydrogens is 292 g/mol. The Balaban J connectivity index is 1.71. The summed E-state index contributed by atoms with van der Waals surface area (Å²) in [4.78, 5) is 12.5. The SMILES string of the molecule is Cc1cc(C(=O)NCC(C)(O)c2cnn(C)c2)c(C)n1C1CC1. The van der Waals surface area contributed by atoms with Crippen LogP contribution >= 0.6 is 0 Å². The van der Waals surface area contributed by atoms with Gasteiger partial charge in [-0.1, -0.05) is 0 Å². The van der Waals surface area contributed by atoms with E-state index >= 15 is 0 Å². The van der Waals surface area contributed by atoms with E-state index in [9.17, 15) is 9.90 Å². The Kier molecular flexibility index (Phi) is 3.80. The molecule has 6 nitrogen and oxygen atoms in total. The monoisotopic (exact) mass is 316 g/mol. The molecule has 2 aromatic rings. The number of rotatable bonds is 5. The zero-order chi connectivity index (χ0) is 16.8. The molecule has 1 amide bonds. The first kappa shape index (κ1) is 15.8. The number of nitrogens with one attached hydrogen (secondary N) is 1. The van der Waals surface area contributed by atoms with Crippen LogP contribution in [0.25, 0.3) is 0 Å². The van der Waals surface area contributed by atoms with Crippen molar-refractivity contribution in [3.05, 3.63) is 41.0 Å². The maximum absolute atomic E-state index is 12.5. The van der Waals surface area contributed by atoms with Crippen LogP contribution in [0.5, 0.6) is 0 Å². The summed E-state index contributed by atoms with van der Waals surface area (Å²) in [6.45, 7) is 5.84. The minimum absolute atomic E-state index is 0.143. The quantitative estimate of drug-likeness (QED) is 0.883. The van der Waals surface area contributed by atoms with Gasteiger partial charge in [-0.3, -0.25) is 9.48 Å². The number of nitrogens with zero attached hydrogens (tertiary/aromatic N) is 3. The van der Waals surface area contributed by atoms with Crippen molar-refractivity contribution in [2.24, 2.45) is 7.05 Å². The number of amides is 1. The topological polar surface area (TPSA) is 72.1 Å². The average Bonchev–Trinajstić information content (AvgIpc) is 3.14. The van der Waals surface area contributed by atoms with E-state index in [4.69, 9.17) is 0 Å². The Morgan fingerprint density at radius 3 is 2.74 bits per heavy atom. The van der Waals surface area contributed by atoms with Gasteiger partial charge in [0, 0.05) is 36.2 Å². The molecule has 2 N–H and O–H groups in total. The van der Waals surface area contributed by atoms with Crippen LogP contribution in [0.2, 0.25) is 0 Å². The molecule has 2 heterocycles. The Labute approximate surface area is 136 Å². The largest absolute Gasteiger partial charge is 0.383 e. The number of carbonyl (C=O) groups excluding carboxylic acids is 1. The second kappa shape index (κ2) is 5.53. The molecule has 0 saturated heterocycles. The van der Waals surface area contributed by atoms with Gasteiger partial charge in [-0.15, -0.1) is 0 Å². The molecule has 6 heteroatoms. The highest BCUT2D eigenvalue weighted by Crippen LogP contribution is 2.38. The Morgan fingerprint density at radius 2 is 2.17 bits per heavy atom. The molecular formula is C17H24N4O2. The predicted octanol–water partition coefficient (Wildman–Crippen LogP) is 1.81. The maximum atomic E-state index is 12.5. The van der Waals surface area contributed by atoms with Gasteiger partial charge in [0.2, 0.25) is 0 Å². The minimum Gasteiger partial charge on any atom is -0.383 e. The first-order chi connectivity index (χ1) is 10.8. The van der Waals surface area contributed by atoms with Gasteiger partial charge in [0.25, 0.3) is 5.91 Å². The standard InChI is InChI=1S/C17H24N4O2/c1-11-7-15(12(2)21(11)14-5-6-14)16(22)18-10-17(3,23)13-8-19-20(4)9-13/h7-9,14,23H,5-6,10H2,1-4H3,(H,18,22). The van der Waals surface area contributed by atoms with Gasteiger partial charge in [0.05, 0.1) is 18.3 Å². The second-order valence-corrected chi connectivity index (χ2v) is 6.75. The molecule has 23 heavy (non-hydrogen) atoms. The van der Waals surface area contributed by atoms with Crippen molar-refractivity contribution in [2.45, 2.75) is 45.3 Å². The molecule has 1 aliphatic rings. The molecule has 2 aromatic heterocycles. The van der Waals surface area contributed by atoms with Gasteiger partial charge in [-0.2, -0.15) is 5.10 Å². The molecule has 3 rings (SSSR count). The van der Waals surface area contributed by atoms with E-state index in [1.54, 1.807) is 31.0 Å². The number of carbonyl (C=O) groups is 1. The van der Waals surface area contributed by atoms with Crippen LogP contribution in [-0.4, -0.2) is 31.9 Å². The van der Waals surface area contributed by atoms with Crippen molar-refractivity contribution >= 4 is 5.91 Å². The number of aryl methyl sites for hydroxylation is 2. The van der Waals surface area contributed by atoms with Crippen molar-refractivity contribution in [3.8, 4) is 0 Å². The molecule has 1 unspecified atom stereocenters. The van der Waals surface area contributed by atoms with E-state index in [2.05, 4.69) is 15.0 Å². The molecule has 0 aromatic carbocycles. The van der Waals surface area contributed by atoms with Crippen LogP contribution in [0.4, 0.5) is 0 Å². The lowest BCUT2D eigenvalue weighted by Crippen LogP contribution is -2.38. The lowest BCUT2D eigenvalue weighted by Gasteiger charge is -2.22. The van der Waals surface area contributed by atoms with Crippen molar-refractivity contribution in [1.82, 2.24) is 19.7 Å². The smallest absolute Gasteiger partial charge is 0.253 e. The third kappa shape index (κ3) is 3.03. The third-order valence-corrected chi connectivity index (χ3v) is 4.56. The van der Waals surface area contributed by atoms with Gasteiger partial charge >= 0.3 is 0 Å². The number of hydrogen-bond donors (Lipinski definition) is 2. The normalized spacial score (nSPS) is 17.1. The summed E-state index contributed by atoms with van der Waals surface area (Å²) >= 11 is 0. The van der Waals surface area contributed by atoms with Crippen LogP contribution in [0.15, 0.2) is 18.5 Å². The highest BCUT2D eigenvalue weighted by Gasteiger charge is 2.29. The van der Waals surface area contributed by atoms with E-state index < -0.39 is 5.60 Å². The summed E-state index contributed by atoms with van der Waals surface area (Å²) in [6.07, 6.45) is 5.75. The molecule has 0 bridgehead atoms. The maximum Gasteiger partial charge on any atom is 0.253 e. The molecule has 0 aliphatic heterocycles. The Bertz CT molecular complexity index is 738. The van der Waals surface area contributed by atoms with Crippen LogP contribution < -0.4 is 5.32 Å². The van der Waals surface area contributed by atoms with Gasteiger partial charge in [0.15, 0.2) is 0 Å². The zero-order valence-corrected chi connectivity index (χ0v) is 14.1. The van der Waals surface area contributed by atoms with Crippen LogP contribution in [-0.2, 0) is 12.6 Å². The summed E-state index contributed by atoms with van der Waals surface area (Å²) in [7, 11) is 1.80. The summed E-state index contributed by atoms with van der Waals surface area (Å²) < 4.78 is 3.88. The summed E-state index contributed by atoms with van der Waals surface area (Å²) in [5, 5.41) is 17.5. The minimum atomic E-state index is -1.15. The highest BCUT2D eigenvalue weighted by atomic mass is 16.3. The van der Waals surface area contributed by atoms with Gasteiger partial charge in [-0.25, -0.2) is 0 Å². The summed E-state index contributed by atoms with van der Waals surface area (Å²) in [5.74, 6) is -0.144. The molecule has 124 valence electrons. The van der Waals surface area contributed by atoms with Crippen molar-refractivity contribution in [2.75, 3.05) is 6.54 Å². The summed E-state index contributed by atoms with van der Waals surface area (Å²) in [6, 6.07) is 2.48. The second-order valence-electron chi connectivity index (χ2n) is 6.75. The van der Waals surface area contributed by atoms with Gasteiger partial charge in [0.1, 0.15) is 5.60 Å². The first-order valence-corrected chi connectivity index (χ1v) is 7.98. The van der Waals surface area contributed by atoms with Crippen molar-refractivity contribution in [1.29, 1.82) is 0 Å². The van der Waals surface area contributed by atoms with E-state index in [0.717, 1.165) is 11.4 Å². The van der Waals surface area contributed by atoms with E-state index in [1.807, 2.05) is 19.9 Å². The van der Waals surface area contributed by atoms with E-state index in [0.29, 0.717) is 17.2 Å². The number of aliphatic hydroxyl groups is 1. The summed E-state index contributed by atoms with van der Waals surface area (Å²) in [5.41, 5.74) is 2.35. The Morgan fingerprint density at radius 1 is 1.48 bits per heavy atom. The van der Waals surface area contributed by atoms with Gasteiger partial charge in [-0.05, 0) is 39.7 Å². The van der Waals surface area contributed by atoms with E-state index in [1.165, 1.54) is 12.8 Å². The number of aromatic nitrogens is 3. The fraction of sp³-hybridized carbons (Fsp3) is 0.529. The molecule has 1 aliphatic carbocycles. The average molecular weight is 316 g/mol. The fourth-order valence-corrected chi connectivity index (χ4v) is 3.05. The van der Waals surface area contributed by atoms with Crippen molar-refractivity contribution < 1.29 is 9.90 Å². The molecule has 1 saturated carbocycles. The molecule has 0 radical (unpaired) electrons. The van der Waals surface area contributed by atoms with Crippen LogP contribution in [0.1, 0.15) is 53.1 Å². The third-order valence-electron chi connectivity index (χ3n) is 4.56. The Hall–Kier alpha value is -2.08. The fourth-order valence-electron chi connectivity index (χ4n) is 3.05.